The molecule has 0 amide bonds. The predicted molar refractivity (Wildman–Crippen MR) is 71.8 cm³/mol. The highest BCUT2D eigenvalue weighted by atomic mass is 16.5. The lowest BCUT2D eigenvalue weighted by Gasteiger charge is -2.43. The summed E-state index contributed by atoms with van der Waals surface area (Å²) in [5.41, 5.74) is 2.83. The molecule has 0 aromatic rings. The highest BCUT2D eigenvalue weighted by molar-refractivity contribution is 5.59. The van der Waals surface area contributed by atoms with Gasteiger partial charge in [-0.1, -0.05) is 12.5 Å². The minimum atomic E-state index is -0.241. The van der Waals surface area contributed by atoms with E-state index in [4.69, 9.17) is 4.74 Å². The van der Waals surface area contributed by atoms with Gasteiger partial charge in [-0.15, -0.1) is 0 Å². The number of fused-ring (bicyclic) bond motifs is 1. The normalized spacial score (nSPS) is 36.1. The van der Waals surface area contributed by atoms with Crippen LogP contribution >= 0.6 is 0 Å². The lowest BCUT2D eigenvalue weighted by atomic mass is 9.66. The Bertz CT molecular complexity index is 517. The molecule has 0 N–H and O–H groups in total. The lowest BCUT2D eigenvalue weighted by Crippen LogP contribution is -2.34. The Balaban J connectivity index is 1.86. The standard InChI is InChI=1S/C16H19NO2/c18-11-13-9-16-7-3-1-5-12(16)10-17-8-4-2-6-14(17)15(16)19-13/h4,8,10-11,13H,1-3,5-7,9H2. The Kier molecular flexibility index (Phi) is 2.38. The number of hydrogen-bond acceptors (Lipinski definition) is 3. The molecule has 0 bridgehead atoms. The number of allylic oxidation sites excluding steroid dienone is 3. The maximum Gasteiger partial charge on any atom is 0.160 e. The Morgan fingerprint density at radius 3 is 3.21 bits per heavy atom. The summed E-state index contributed by atoms with van der Waals surface area (Å²) in [6.07, 6.45) is 15.2. The molecule has 3 heteroatoms. The molecule has 1 saturated carbocycles. The van der Waals surface area contributed by atoms with E-state index in [2.05, 4.69) is 23.4 Å². The van der Waals surface area contributed by atoms with Crippen LogP contribution < -0.4 is 0 Å². The maximum atomic E-state index is 11.2. The molecule has 3 nitrogen and oxygen atoms in total. The van der Waals surface area contributed by atoms with Crippen molar-refractivity contribution >= 4 is 6.29 Å². The van der Waals surface area contributed by atoms with Crippen molar-refractivity contribution in [2.45, 2.75) is 51.0 Å². The molecule has 2 fully saturated rings. The molecule has 19 heavy (non-hydrogen) atoms. The molecule has 1 aliphatic carbocycles. The second kappa shape index (κ2) is 3.99. The zero-order valence-corrected chi connectivity index (χ0v) is 11.1. The Labute approximate surface area is 113 Å². The van der Waals surface area contributed by atoms with Crippen molar-refractivity contribution in [1.29, 1.82) is 0 Å². The van der Waals surface area contributed by atoms with Crippen LogP contribution in [-0.2, 0) is 9.53 Å². The minimum Gasteiger partial charge on any atom is -0.484 e. The summed E-state index contributed by atoms with van der Waals surface area (Å²) in [7, 11) is 0. The number of carbonyl (C=O) groups excluding carboxylic acids is 1. The van der Waals surface area contributed by atoms with Gasteiger partial charge in [-0.05, 0) is 37.7 Å². The van der Waals surface area contributed by atoms with Crippen LogP contribution in [-0.4, -0.2) is 17.3 Å². The van der Waals surface area contributed by atoms with Gasteiger partial charge in [0.1, 0.15) is 5.76 Å². The van der Waals surface area contributed by atoms with Crippen molar-refractivity contribution in [3.05, 3.63) is 35.5 Å². The fraction of sp³-hybridized carbons (Fsp3) is 0.562. The van der Waals surface area contributed by atoms with E-state index in [1.165, 1.54) is 24.1 Å². The molecule has 4 rings (SSSR count). The molecule has 2 unspecified atom stereocenters. The van der Waals surface area contributed by atoms with Gasteiger partial charge in [0.2, 0.25) is 0 Å². The van der Waals surface area contributed by atoms with Crippen molar-refractivity contribution in [3.63, 3.8) is 0 Å². The number of carbonyl (C=O) groups is 1. The molecule has 1 saturated heterocycles. The number of aldehydes is 1. The summed E-state index contributed by atoms with van der Waals surface area (Å²) >= 11 is 0. The van der Waals surface area contributed by atoms with Gasteiger partial charge in [0.25, 0.3) is 0 Å². The van der Waals surface area contributed by atoms with Crippen LogP contribution in [0.4, 0.5) is 0 Å². The summed E-state index contributed by atoms with van der Waals surface area (Å²) in [6, 6.07) is 0. The quantitative estimate of drug-likeness (QED) is 0.675. The zero-order chi connectivity index (χ0) is 12.9. The molecule has 1 spiro atoms. The Morgan fingerprint density at radius 1 is 1.37 bits per heavy atom. The average molecular weight is 257 g/mol. The predicted octanol–water partition coefficient (Wildman–Crippen LogP) is 3.25. The third kappa shape index (κ3) is 1.47. The molecule has 100 valence electrons. The summed E-state index contributed by atoms with van der Waals surface area (Å²) < 4.78 is 6.04. The van der Waals surface area contributed by atoms with Gasteiger partial charge in [-0.25, -0.2) is 0 Å². The van der Waals surface area contributed by atoms with Crippen LogP contribution in [0.3, 0.4) is 0 Å². The summed E-state index contributed by atoms with van der Waals surface area (Å²) in [5, 5.41) is 0. The summed E-state index contributed by atoms with van der Waals surface area (Å²) in [6.45, 7) is 0. The second-order valence-corrected chi connectivity index (χ2v) is 6.05. The van der Waals surface area contributed by atoms with E-state index in [1.807, 2.05) is 0 Å². The number of rotatable bonds is 1. The molecule has 3 heterocycles. The highest BCUT2D eigenvalue weighted by Gasteiger charge is 2.52. The summed E-state index contributed by atoms with van der Waals surface area (Å²) in [5.74, 6) is 1.12. The molecule has 3 aliphatic heterocycles. The van der Waals surface area contributed by atoms with Crippen LogP contribution in [0, 0.1) is 5.41 Å². The largest absolute Gasteiger partial charge is 0.484 e. The van der Waals surface area contributed by atoms with Crippen molar-refractivity contribution in [2.75, 3.05) is 0 Å². The van der Waals surface area contributed by atoms with E-state index in [9.17, 15) is 4.79 Å². The van der Waals surface area contributed by atoms with Crippen molar-refractivity contribution in [2.24, 2.45) is 5.41 Å². The van der Waals surface area contributed by atoms with Crippen molar-refractivity contribution < 1.29 is 9.53 Å². The number of nitrogens with zero attached hydrogens (tertiary/aromatic N) is 1. The first kappa shape index (κ1) is 11.3. The highest BCUT2D eigenvalue weighted by Crippen LogP contribution is 2.58. The molecule has 0 radical (unpaired) electrons. The summed E-state index contributed by atoms with van der Waals surface area (Å²) in [4.78, 5) is 13.4. The molecule has 0 aromatic heterocycles. The van der Waals surface area contributed by atoms with E-state index in [-0.39, 0.29) is 11.5 Å². The van der Waals surface area contributed by atoms with E-state index >= 15 is 0 Å². The fourth-order valence-corrected chi connectivity index (χ4v) is 4.13. The second-order valence-electron chi connectivity index (χ2n) is 6.05. The third-order valence-electron chi connectivity index (χ3n) is 5.00. The first-order valence-electron chi connectivity index (χ1n) is 7.35. The minimum absolute atomic E-state index is 0.0564. The van der Waals surface area contributed by atoms with E-state index in [0.717, 1.165) is 44.1 Å². The van der Waals surface area contributed by atoms with Crippen LogP contribution in [0.1, 0.15) is 44.9 Å². The van der Waals surface area contributed by atoms with Gasteiger partial charge >= 0.3 is 0 Å². The van der Waals surface area contributed by atoms with E-state index in [1.54, 1.807) is 0 Å². The van der Waals surface area contributed by atoms with Gasteiger partial charge in [0.05, 0.1) is 11.1 Å². The number of hydrogen-bond donors (Lipinski definition) is 0. The molecule has 0 aromatic carbocycles. The van der Waals surface area contributed by atoms with Crippen LogP contribution in [0.25, 0.3) is 0 Å². The Morgan fingerprint density at radius 2 is 2.32 bits per heavy atom. The van der Waals surface area contributed by atoms with E-state index < -0.39 is 0 Å². The van der Waals surface area contributed by atoms with Crippen LogP contribution in [0.2, 0.25) is 0 Å². The Hall–Kier alpha value is -1.51. The van der Waals surface area contributed by atoms with Gasteiger partial charge < -0.3 is 9.64 Å². The van der Waals surface area contributed by atoms with Crippen molar-refractivity contribution in [1.82, 2.24) is 4.90 Å². The third-order valence-corrected chi connectivity index (χ3v) is 5.00. The van der Waals surface area contributed by atoms with Crippen molar-refractivity contribution in [3.8, 4) is 0 Å². The fourth-order valence-electron chi connectivity index (χ4n) is 4.13. The van der Waals surface area contributed by atoms with Gasteiger partial charge in [-0.2, -0.15) is 0 Å². The van der Waals surface area contributed by atoms with E-state index in [0.29, 0.717) is 0 Å². The molecular weight excluding hydrogens is 238 g/mol. The SMILES string of the molecule is O=CC1CC23CCCCC2=CN2C=CCCC2=C3O1. The van der Waals surface area contributed by atoms with Gasteiger partial charge in [-0.3, -0.25) is 4.79 Å². The van der Waals surface area contributed by atoms with Gasteiger partial charge in [0.15, 0.2) is 12.4 Å². The first-order valence-corrected chi connectivity index (χ1v) is 7.35. The average Bonchev–Trinajstić information content (AvgIpc) is 2.84. The van der Waals surface area contributed by atoms with Gasteiger partial charge in [0, 0.05) is 18.8 Å². The molecular formula is C16H19NO2. The number of ether oxygens (including phenoxy) is 1. The monoisotopic (exact) mass is 257 g/mol. The smallest absolute Gasteiger partial charge is 0.160 e. The molecule has 4 aliphatic rings. The maximum absolute atomic E-state index is 11.2. The lowest BCUT2D eigenvalue weighted by molar-refractivity contribution is -0.114. The molecule has 2 atom stereocenters. The topological polar surface area (TPSA) is 29.5 Å². The zero-order valence-electron chi connectivity index (χ0n) is 11.1. The first-order chi connectivity index (χ1) is 9.33. The van der Waals surface area contributed by atoms with Crippen LogP contribution in [0.15, 0.2) is 35.5 Å². The van der Waals surface area contributed by atoms with Crippen LogP contribution in [0.5, 0.6) is 0 Å².